The van der Waals surface area contributed by atoms with Gasteiger partial charge in [-0.3, -0.25) is 52.7 Å². The maximum absolute atomic E-state index is 15.0. The number of hydrogen-bond acceptors (Lipinski definition) is 18. The molecule has 1 saturated heterocycles. The van der Waals surface area contributed by atoms with Crippen LogP contribution >= 0.6 is 0 Å². The van der Waals surface area contributed by atoms with Crippen LogP contribution in [0.2, 0.25) is 0 Å². The topological polar surface area (TPSA) is 491 Å². The second-order valence-corrected chi connectivity index (χ2v) is 25.6. The SMILES string of the molecule is CCC(C)CCCCC(=O)N[C@@H](CCCCN)C(=O)N[C@H](C(=O)N[C@@H](CCCCN)C(=O)N[C@H]1CCNC(=O)[C@H]([C@@H](C)O)NC(=O)[C@H](CCCCN)NC(=O)[C@H](CCCCN)NC(=O)[C@H](CC(C)C)NC(=O)[C@@H](Cc2ccccc2)NC(=O)[C@H](CCCCN)NC1=O)[C@@H](C)O. The molecule has 1 aliphatic rings. The molecule has 1 heterocycles. The van der Waals surface area contributed by atoms with Crippen LogP contribution in [0.3, 0.4) is 0 Å². The van der Waals surface area contributed by atoms with Crippen LogP contribution in [0.1, 0.15) is 188 Å². The average molecular weight is 1340 g/mol. The van der Waals surface area contributed by atoms with E-state index in [1.54, 1.807) is 30.3 Å². The van der Waals surface area contributed by atoms with Crippen LogP contribution in [0, 0.1) is 11.8 Å². The maximum Gasteiger partial charge on any atom is 0.245 e. The molecule has 1 unspecified atom stereocenters. The molecule has 23 N–H and O–H groups in total. The largest absolute Gasteiger partial charge is 0.391 e. The van der Waals surface area contributed by atoms with E-state index in [2.05, 4.69) is 72.3 Å². The number of amides is 11. The number of rotatable bonds is 39. The first kappa shape index (κ1) is 84.2. The average Bonchev–Trinajstić information content (AvgIpc) is 1.12. The molecule has 540 valence electrons. The van der Waals surface area contributed by atoms with E-state index in [0.29, 0.717) is 75.8 Å². The summed E-state index contributed by atoms with van der Waals surface area (Å²) in [6, 6.07) is -5.48. The first-order valence-electron chi connectivity index (χ1n) is 34.5. The molecule has 1 aromatic rings. The number of aliphatic hydroxyl groups is 2. The summed E-state index contributed by atoms with van der Waals surface area (Å²) in [6.45, 7) is 11.2. The van der Waals surface area contributed by atoms with Crippen LogP contribution in [0.4, 0.5) is 0 Å². The van der Waals surface area contributed by atoms with Gasteiger partial charge in [0, 0.05) is 19.4 Å². The molecule has 0 saturated carbocycles. The van der Waals surface area contributed by atoms with E-state index in [4.69, 9.17) is 28.7 Å². The van der Waals surface area contributed by atoms with E-state index >= 15 is 0 Å². The van der Waals surface area contributed by atoms with Gasteiger partial charge in [-0.05, 0) is 180 Å². The van der Waals surface area contributed by atoms with E-state index in [0.717, 1.165) is 19.3 Å². The minimum absolute atomic E-state index is 0.0211. The Hall–Kier alpha value is -6.89. The van der Waals surface area contributed by atoms with Crippen molar-refractivity contribution < 1.29 is 63.0 Å². The molecule has 0 bridgehead atoms. The summed E-state index contributed by atoms with van der Waals surface area (Å²) in [5.74, 6) is -8.68. The molecule has 1 fully saturated rings. The van der Waals surface area contributed by atoms with Crippen molar-refractivity contribution in [3.63, 3.8) is 0 Å². The molecular formula is C66H118N16O13. The van der Waals surface area contributed by atoms with Crippen molar-refractivity contribution in [2.24, 2.45) is 40.5 Å². The molecule has 29 heteroatoms. The van der Waals surface area contributed by atoms with Gasteiger partial charge in [-0.15, -0.1) is 0 Å². The van der Waals surface area contributed by atoms with Gasteiger partial charge >= 0.3 is 0 Å². The molecule has 1 aromatic carbocycles. The number of benzene rings is 1. The fourth-order valence-corrected chi connectivity index (χ4v) is 10.8. The lowest BCUT2D eigenvalue weighted by atomic mass is 9.99. The zero-order valence-electron chi connectivity index (χ0n) is 57.2. The Morgan fingerprint density at radius 2 is 0.958 bits per heavy atom. The number of carbonyl (C=O) groups is 11. The monoisotopic (exact) mass is 1340 g/mol. The Bertz CT molecular complexity index is 2500. The summed E-state index contributed by atoms with van der Waals surface area (Å²) in [4.78, 5) is 158. The van der Waals surface area contributed by atoms with E-state index in [9.17, 15) is 63.0 Å². The number of nitrogens with one attached hydrogen (secondary N) is 11. The molecule has 0 radical (unpaired) electrons. The Morgan fingerprint density at radius 3 is 1.45 bits per heavy atom. The standard InChI is InChI=1S/C66H118N16O13/c1-7-42(4)23-11-12-31-54(85)73-46(26-13-18-33-67)61(90)82-56(44(6)84)66(95)78-49(29-16-21-36-70)58(87)77-51-32-38-72-65(94)55(43(5)83)81-62(91)50(30-17-22-37-71)75-57(86)47(27-14-19-34-68)76-63(92)52(39-41(2)3)79-64(93)53(40-45-24-9-8-10-25-45)80-59(88)48(74-60(51)89)28-15-20-35-69/h8-10,24-25,41-44,46-53,55-56,83-84H,7,11-23,26-40,67-71H2,1-6H3,(H,72,94)(H,73,85)(H,74,89)(H,75,86)(H,76,92)(H,77,87)(H,78,95)(H,79,93)(H,80,88)(H,81,91)(H,82,90)/t42?,43-,44-,46+,47+,48+,49+,50+,51+,52+,53-,55+,56+/m1/s1. The quantitative estimate of drug-likeness (QED) is 0.0339. The lowest BCUT2D eigenvalue weighted by Crippen LogP contribution is -2.61. The van der Waals surface area contributed by atoms with Gasteiger partial charge in [-0.25, -0.2) is 0 Å². The van der Waals surface area contributed by atoms with E-state index in [1.165, 1.54) is 13.8 Å². The third-order valence-electron chi connectivity index (χ3n) is 16.7. The van der Waals surface area contributed by atoms with Gasteiger partial charge in [0.15, 0.2) is 0 Å². The molecular weight excluding hydrogens is 1220 g/mol. The molecule has 29 nitrogen and oxygen atoms in total. The van der Waals surface area contributed by atoms with Crippen LogP contribution in [0.15, 0.2) is 30.3 Å². The molecule has 13 atom stereocenters. The normalized spacial score (nSPS) is 21.7. The highest BCUT2D eigenvalue weighted by atomic mass is 16.3. The van der Waals surface area contributed by atoms with Gasteiger partial charge < -0.3 is 97.4 Å². The maximum atomic E-state index is 15.0. The summed E-state index contributed by atoms with van der Waals surface area (Å²) in [5, 5.41) is 51.7. The van der Waals surface area contributed by atoms with Crippen LogP contribution in [-0.2, 0) is 59.2 Å². The first-order chi connectivity index (χ1) is 45.3. The molecule has 0 spiro atoms. The van der Waals surface area contributed by atoms with Gasteiger partial charge in [0.25, 0.3) is 0 Å². The highest BCUT2D eigenvalue weighted by molar-refractivity contribution is 5.99. The van der Waals surface area contributed by atoms with Crippen molar-refractivity contribution in [2.45, 2.75) is 262 Å². The molecule has 2 rings (SSSR count). The molecule has 0 aliphatic carbocycles. The van der Waals surface area contributed by atoms with Crippen molar-refractivity contribution in [3.8, 4) is 0 Å². The minimum atomic E-state index is -1.67. The van der Waals surface area contributed by atoms with E-state index < -0.39 is 145 Å². The minimum Gasteiger partial charge on any atom is -0.391 e. The highest BCUT2D eigenvalue weighted by Gasteiger charge is 2.38. The van der Waals surface area contributed by atoms with Gasteiger partial charge in [0.2, 0.25) is 65.0 Å². The Kier molecular flexibility index (Phi) is 42.5. The second-order valence-electron chi connectivity index (χ2n) is 25.6. The highest BCUT2D eigenvalue weighted by Crippen LogP contribution is 2.16. The molecule has 1 aliphatic heterocycles. The summed E-state index contributed by atoms with van der Waals surface area (Å²) < 4.78 is 0. The lowest BCUT2D eigenvalue weighted by Gasteiger charge is -2.29. The molecule has 11 amide bonds. The number of hydrogen-bond donors (Lipinski definition) is 18. The fraction of sp³-hybridized carbons (Fsp3) is 0.742. The van der Waals surface area contributed by atoms with Gasteiger partial charge in [0.1, 0.15) is 60.4 Å². The lowest BCUT2D eigenvalue weighted by molar-refractivity contribution is -0.137. The summed E-state index contributed by atoms with van der Waals surface area (Å²) in [7, 11) is 0. The Balaban J connectivity index is 2.83. The van der Waals surface area contributed by atoms with E-state index in [1.807, 2.05) is 13.8 Å². The molecule has 0 aromatic heterocycles. The predicted octanol–water partition coefficient (Wildman–Crippen LogP) is -1.34. The summed E-state index contributed by atoms with van der Waals surface area (Å²) in [6.07, 6.45) is 4.05. The zero-order valence-corrected chi connectivity index (χ0v) is 57.2. The van der Waals surface area contributed by atoms with E-state index in [-0.39, 0.29) is 102 Å². The number of aliphatic hydroxyl groups excluding tert-OH is 2. The summed E-state index contributed by atoms with van der Waals surface area (Å²) in [5.41, 5.74) is 29.8. The first-order valence-corrected chi connectivity index (χ1v) is 34.5. The number of carbonyl (C=O) groups excluding carboxylic acids is 11. The number of unbranched alkanes of at least 4 members (excludes halogenated alkanes) is 6. The predicted molar refractivity (Wildman–Crippen MR) is 362 cm³/mol. The van der Waals surface area contributed by atoms with Crippen molar-refractivity contribution in [1.82, 2.24) is 58.5 Å². The summed E-state index contributed by atoms with van der Waals surface area (Å²) >= 11 is 0. The third kappa shape index (κ3) is 33.6. The Morgan fingerprint density at radius 1 is 0.505 bits per heavy atom. The third-order valence-corrected chi connectivity index (χ3v) is 16.7. The smallest absolute Gasteiger partial charge is 0.245 e. The van der Waals surface area contributed by atoms with Crippen LogP contribution in [0.5, 0.6) is 0 Å². The fourth-order valence-electron chi connectivity index (χ4n) is 10.8. The second kappa shape index (κ2) is 47.9. The van der Waals surface area contributed by atoms with Crippen LogP contribution in [-0.4, -0.2) is 187 Å². The van der Waals surface area contributed by atoms with Crippen LogP contribution < -0.4 is 87.2 Å². The zero-order chi connectivity index (χ0) is 70.8. The van der Waals surface area contributed by atoms with Gasteiger partial charge in [-0.2, -0.15) is 0 Å². The van der Waals surface area contributed by atoms with Crippen molar-refractivity contribution >= 4 is 65.0 Å². The number of nitrogens with two attached hydrogens (primary N) is 5. The van der Waals surface area contributed by atoms with Crippen molar-refractivity contribution in [3.05, 3.63) is 35.9 Å². The Labute approximate surface area is 561 Å². The van der Waals surface area contributed by atoms with Crippen molar-refractivity contribution in [2.75, 3.05) is 39.3 Å². The van der Waals surface area contributed by atoms with Crippen LogP contribution in [0.25, 0.3) is 0 Å². The van der Waals surface area contributed by atoms with Gasteiger partial charge in [-0.1, -0.05) is 77.3 Å². The van der Waals surface area contributed by atoms with Crippen molar-refractivity contribution in [1.29, 1.82) is 0 Å². The van der Waals surface area contributed by atoms with Gasteiger partial charge in [0.05, 0.1) is 12.2 Å². The molecule has 95 heavy (non-hydrogen) atoms.